The van der Waals surface area contributed by atoms with Crippen molar-refractivity contribution in [2.24, 2.45) is 5.73 Å². The number of fused-ring (bicyclic) bond motifs is 1. The highest BCUT2D eigenvalue weighted by molar-refractivity contribution is 6.09. The number of primary amides is 1. The lowest BCUT2D eigenvalue weighted by Crippen LogP contribution is -2.43. The van der Waals surface area contributed by atoms with Crippen LogP contribution in [0.2, 0.25) is 0 Å². The van der Waals surface area contributed by atoms with E-state index in [-0.39, 0.29) is 17.1 Å². The Bertz CT molecular complexity index is 1080. The Balaban J connectivity index is 2.00. The number of carbonyl (C=O) groups is 1. The molecule has 2 aromatic heterocycles. The van der Waals surface area contributed by atoms with Crippen LogP contribution < -0.4 is 21.7 Å². The smallest absolute Gasteiger partial charge is 0.254 e. The van der Waals surface area contributed by atoms with Crippen LogP contribution in [0, 0.1) is 13.8 Å². The monoisotopic (exact) mass is 381 g/mol. The highest BCUT2D eigenvalue weighted by Crippen LogP contribution is 2.35. The summed E-state index contributed by atoms with van der Waals surface area (Å²) < 4.78 is 1.65. The number of nitrogen functional groups attached to an aromatic ring is 1. The summed E-state index contributed by atoms with van der Waals surface area (Å²) >= 11 is 0. The number of hydrogen-bond donors (Lipinski definition) is 4. The zero-order chi connectivity index (χ0) is 20.0. The van der Waals surface area contributed by atoms with Crippen LogP contribution in [0.3, 0.4) is 0 Å². The summed E-state index contributed by atoms with van der Waals surface area (Å²) in [5.41, 5.74) is 15.1. The maximum absolute atomic E-state index is 12.2. The fourth-order valence-corrected chi connectivity index (χ4v) is 3.74. The third-order valence-electron chi connectivity index (χ3n) is 5.20. The van der Waals surface area contributed by atoms with Crippen LogP contribution in [0.15, 0.2) is 18.3 Å². The molecule has 0 atom stereocenters. The molecule has 3 aromatic rings. The Kier molecular flexibility index (Phi) is 4.31. The summed E-state index contributed by atoms with van der Waals surface area (Å²) in [6.45, 7) is 7.00. The number of amides is 1. The summed E-state index contributed by atoms with van der Waals surface area (Å²) in [5.74, 6) is 0.311. The van der Waals surface area contributed by atoms with Crippen LogP contribution >= 0.6 is 0 Å². The van der Waals surface area contributed by atoms with E-state index in [1.807, 2.05) is 6.92 Å². The molecule has 4 rings (SSSR count). The van der Waals surface area contributed by atoms with Crippen molar-refractivity contribution in [3.05, 3.63) is 35.0 Å². The molecule has 1 aliphatic rings. The molecule has 0 unspecified atom stereocenters. The molecule has 6 N–H and O–H groups in total. The topological polar surface area (TPSA) is 135 Å². The molecule has 28 heavy (non-hydrogen) atoms. The molecule has 1 amide bonds. The maximum atomic E-state index is 12.2. The number of benzene rings is 1. The average molecular weight is 381 g/mol. The van der Waals surface area contributed by atoms with E-state index in [0.717, 1.165) is 31.7 Å². The number of aromatic hydroxyl groups is 1. The Morgan fingerprint density at radius 1 is 1.25 bits per heavy atom. The van der Waals surface area contributed by atoms with Gasteiger partial charge >= 0.3 is 0 Å². The van der Waals surface area contributed by atoms with Gasteiger partial charge < -0.3 is 26.8 Å². The van der Waals surface area contributed by atoms with Gasteiger partial charge in [0.05, 0.1) is 11.9 Å². The third-order valence-corrected chi connectivity index (χ3v) is 5.20. The fourth-order valence-electron chi connectivity index (χ4n) is 3.74. The maximum Gasteiger partial charge on any atom is 0.254 e. The fraction of sp³-hybridized carbons (Fsp3) is 0.316. The number of anilines is 2. The van der Waals surface area contributed by atoms with Gasteiger partial charge in [-0.15, -0.1) is 0 Å². The molecule has 146 valence electrons. The lowest BCUT2D eigenvalue weighted by molar-refractivity contribution is 0.100. The normalized spacial score (nSPS) is 14.6. The van der Waals surface area contributed by atoms with Crippen LogP contribution in [0.1, 0.15) is 21.5 Å². The zero-order valence-electron chi connectivity index (χ0n) is 15.9. The minimum atomic E-state index is -0.663. The first kappa shape index (κ1) is 18.1. The summed E-state index contributed by atoms with van der Waals surface area (Å²) in [6, 6.07) is 3.41. The largest absolute Gasteiger partial charge is 0.508 e. The second kappa shape index (κ2) is 6.68. The van der Waals surface area contributed by atoms with Gasteiger partial charge in [0.15, 0.2) is 5.65 Å². The van der Waals surface area contributed by atoms with Crippen molar-refractivity contribution in [3.8, 4) is 11.4 Å². The van der Waals surface area contributed by atoms with Crippen molar-refractivity contribution >= 4 is 28.7 Å². The van der Waals surface area contributed by atoms with Crippen LogP contribution in [0.4, 0.5) is 11.6 Å². The predicted molar refractivity (Wildman–Crippen MR) is 108 cm³/mol. The van der Waals surface area contributed by atoms with Crippen molar-refractivity contribution in [3.63, 3.8) is 0 Å². The van der Waals surface area contributed by atoms with Gasteiger partial charge in [0.2, 0.25) is 0 Å². The van der Waals surface area contributed by atoms with Gasteiger partial charge in [-0.1, -0.05) is 6.07 Å². The highest BCUT2D eigenvalue weighted by Gasteiger charge is 2.26. The van der Waals surface area contributed by atoms with E-state index in [4.69, 9.17) is 11.5 Å². The molecule has 9 heteroatoms. The number of aromatic nitrogens is 3. The Morgan fingerprint density at radius 3 is 2.64 bits per heavy atom. The van der Waals surface area contributed by atoms with Crippen LogP contribution in [-0.4, -0.2) is 51.7 Å². The molecule has 0 saturated carbocycles. The number of phenols is 1. The summed E-state index contributed by atoms with van der Waals surface area (Å²) in [7, 11) is 0. The number of rotatable bonds is 3. The molecular weight excluding hydrogens is 358 g/mol. The number of phenolic OH excluding ortho intramolecular Hbond substituents is 1. The molecule has 9 nitrogen and oxygen atoms in total. The number of piperazine rings is 1. The molecule has 3 heterocycles. The van der Waals surface area contributed by atoms with Crippen LogP contribution in [0.25, 0.3) is 16.9 Å². The first-order valence-electron chi connectivity index (χ1n) is 9.12. The second-order valence-electron chi connectivity index (χ2n) is 6.97. The number of nitrogens with zero attached hydrogens (tertiary/aromatic N) is 4. The Morgan fingerprint density at radius 2 is 1.96 bits per heavy atom. The van der Waals surface area contributed by atoms with Crippen LogP contribution in [-0.2, 0) is 0 Å². The number of aryl methyl sites for hydroxylation is 1. The number of carbonyl (C=O) groups excluding carboxylic acids is 1. The van der Waals surface area contributed by atoms with Gasteiger partial charge in [-0.25, -0.2) is 9.97 Å². The van der Waals surface area contributed by atoms with Crippen molar-refractivity contribution in [1.29, 1.82) is 0 Å². The molecule has 0 spiro atoms. The molecule has 1 aliphatic heterocycles. The molecular formula is C19H23N7O2. The van der Waals surface area contributed by atoms with Gasteiger partial charge in [-0.05, 0) is 25.5 Å². The van der Waals surface area contributed by atoms with Crippen molar-refractivity contribution in [1.82, 2.24) is 19.9 Å². The summed E-state index contributed by atoms with van der Waals surface area (Å²) in [4.78, 5) is 23.6. The lowest BCUT2D eigenvalue weighted by Gasteiger charge is -2.28. The zero-order valence-corrected chi connectivity index (χ0v) is 15.9. The molecule has 1 aromatic carbocycles. The SMILES string of the molecule is Cc1ccc(O)c(C)c1-n1c(N)c(C(N)=O)c2nc(N3CCNCC3)cnc21. The van der Waals surface area contributed by atoms with E-state index in [2.05, 4.69) is 20.2 Å². The Hall–Kier alpha value is -3.33. The minimum absolute atomic E-state index is 0.132. The van der Waals surface area contributed by atoms with Gasteiger partial charge in [0, 0.05) is 31.7 Å². The summed E-state index contributed by atoms with van der Waals surface area (Å²) in [5, 5.41) is 13.5. The average Bonchev–Trinajstić information content (AvgIpc) is 2.97. The van der Waals surface area contributed by atoms with E-state index in [9.17, 15) is 9.90 Å². The molecule has 0 radical (unpaired) electrons. The Labute approximate surface area is 162 Å². The van der Waals surface area contributed by atoms with Gasteiger partial charge in [0.1, 0.15) is 28.5 Å². The minimum Gasteiger partial charge on any atom is -0.508 e. The molecule has 0 bridgehead atoms. The summed E-state index contributed by atoms with van der Waals surface area (Å²) in [6.07, 6.45) is 1.68. The standard InChI is InChI=1S/C19H23N7O2/c1-10-3-4-12(27)11(2)16(10)26-17(20)14(18(21)28)15-19(26)23-9-13(24-15)25-7-5-22-6-8-25/h3-4,9,22,27H,5-8,20H2,1-2H3,(H2,21,28). The van der Waals surface area contributed by atoms with Crippen molar-refractivity contribution in [2.75, 3.05) is 36.8 Å². The highest BCUT2D eigenvalue weighted by atomic mass is 16.3. The molecule has 1 fully saturated rings. The van der Waals surface area contributed by atoms with Crippen molar-refractivity contribution in [2.45, 2.75) is 13.8 Å². The van der Waals surface area contributed by atoms with Gasteiger partial charge in [-0.3, -0.25) is 9.36 Å². The van der Waals surface area contributed by atoms with E-state index in [1.165, 1.54) is 0 Å². The van der Waals surface area contributed by atoms with E-state index in [0.29, 0.717) is 28.2 Å². The lowest BCUT2D eigenvalue weighted by atomic mass is 10.1. The van der Waals surface area contributed by atoms with Crippen molar-refractivity contribution < 1.29 is 9.90 Å². The quantitative estimate of drug-likeness (QED) is 0.528. The molecule has 0 aliphatic carbocycles. The third kappa shape index (κ3) is 2.71. The predicted octanol–water partition coefficient (Wildman–Crippen LogP) is 0.834. The first-order chi connectivity index (χ1) is 13.4. The van der Waals surface area contributed by atoms with Gasteiger partial charge in [0.25, 0.3) is 5.91 Å². The first-order valence-corrected chi connectivity index (χ1v) is 9.12. The second-order valence-corrected chi connectivity index (χ2v) is 6.97. The van der Waals surface area contributed by atoms with E-state index < -0.39 is 5.91 Å². The van der Waals surface area contributed by atoms with E-state index >= 15 is 0 Å². The van der Waals surface area contributed by atoms with Crippen LogP contribution in [0.5, 0.6) is 5.75 Å². The number of nitrogens with two attached hydrogens (primary N) is 2. The van der Waals surface area contributed by atoms with Gasteiger partial charge in [-0.2, -0.15) is 0 Å². The number of nitrogens with one attached hydrogen (secondary N) is 1. The van der Waals surface area contributed by atoms with E-state index in [1.54, 1.807) is 29.8 Å². The molecule has 1 saturated heterocycles. The number of hydrogen-bond acceptors (Lipinski definition) is 7.